The Balaban J connectivity index is 1.73. The zero-order chi connectivity index (χ0) is 17.9. The van der Waals surface area contributed by atoms with Gasteiger partial charge in [0.15, 0.2) is 0 Å². The maximum absolute atomic E-state index is 4.92. The number of benzene rings is 2. The molecule has 0 spiro atoms. The summed E-state index contributed by atoms with van der Waals surface area (Å²) < 4.78 is 0. The highest BCUT2D eigenvalue weighted by Crippen LogP contribution is 2.40. The van der Waals surface area contributed by atoms with E-state index in [-0.39, 0.29) is 0 Å². The van der Waals surface area contributed by atoms with Crippen LogP contribution in [-0.4, -0.2) is 30.1 Å². The van der Waals surface area contributed by atoms with Crippen LogP contribution in [0, 0.1) is 6.92 Å². The van der Waals surface area contributed by atoms with Crippen LogP contribution < -0.4 is 10.6 Å². The van der Waals surface area contributed by atoms with E-state index < -0.39 is 0 Å². The molecule has 0 saturated carbocycles. The molecule has 1 aliphatic rings. The van der Waals surface area contributed by atoms with E-state index in [0.717, 1.165) is 43.3 Å². The largest absolute Gasteiger partial charge is 0.368 e. The number of fused-ring (bicyclic) bond motifs is 3. The van der Waals surface area contributed by atoms with E-state index in [1.807, 2.05) is 13.1 Å². The van der Waals surface area contributed by atoms with Crippen molar-refractivity contribution in [3.8, 4) is 11.1 Å². The van der Waals surface area contributed by atoms with Crippen LogP contribution >= 0.6 is 0 Å². The van der Waals surface area contributed by atoms with Gasteiger partial charge in [0, 0.05) is 31.5 Å². The Labute approximate surface area is 154 Å². The lowest BCUT2D eigenvalue weighted by atomic mass is 10.0. The molecule has 0 radical (unpaired) electrons. The van der Waals surface area contributed by atoms with E-state index in [9.17, 15) is 0 Å². The van der Waals surface area contributed by atoms with E-state index in [1.165, 1.54) is 27.8 Å². The van der Waals surface area contributed by atoms with Gasteiger partial charge in [0.2, 0.25) is 0 Å². The smallest absolute Gasteiger partial charge is 0.137 e. The summed E-state index contributed by atoms with van der Waals surface area (Å²) in [5.41, 5.74) is 7.46. The first-order chi connectivity index (χ1) is 12.7. The summed E-state index contributed by atoms with van der Waals surface area (Å²) in [5.74, 6) is 1.84. The van der Waals surface area contributed by atoms with Crippen molar-refractivity contribution in [2.75, 3.05) is 25.5 Å². The third kappa shape index (κ3) is 3.33. The van der Waals surface area contributed by atoms with Crippen molar-refractivity contribution in [2.24, 2.45) is 0 Å². The predicted molar refractivity (Wildman–Crippen MR) is 107 cm³/mol. The molecule has 1 aliphatic carbocycles. The molecule has 1 aromatic heterocycles. The fourth-order valence-electron chi connectivity index (χ4n) is 3.55. The Hall–Kier alpha value is -2.72. The van der Waals surface area contributed by atoms with Crippen molar-refractivity contribution < 1.29 is 0 Å². The van der Waals surface area contributed by atoms with E-state index in [1.54, 1.807) is 0 Å². The molecular weight excluding hydrogens is 320 g/mol. The molecule has 26 heavy (non-hydrogen) atoms. The molecule has 0 atom stereocenters. The topological polar surface area (TPSA) is 49.8 Å². The zero-order valence-corrected chi connectivity index (χ0v) is 15.3. The first-order valence-corrected chi connectivity index (χ1v) is 9.16. The molecule has 2 N–H and O–H groups in total. The molecule has 0 saturated heterocycles. The Morgan fingerprint density at radius 3 is 2.65 bits per heavy atom. The zero-order valence-electron chi connectivity index (χ0n) is 15.3. The van der Waals surface area contributed by atoms with E-state index >= 15 is 0 Å². The number of hydrogen-bond acceptors (Lipinski definition) is 4. The summed E-state index contributed by atoms with van der Waals surface area (Å²) in [6.07, 6.45) is 1.64. The molecule has 4 nitrogen and oxygen atoms in total. The minimum Gasteiger partial charge on any atom is -0.368 e. The molecule has 4 rings (SSSR count). The Morgan fingerprint density at radius 1 is 1.00 bits per heavy atom. The molecule has 132 valence electrons. The van der Waals surface area contributed by atoms with Gasteiger partial charge in [-0.3, -0.25) is 0 Å². The number of nitrogens with zero attached hydrogens (tertiary/aromatic N) is 2. The highest BCUT2D eigenvalue weighted by molar-refractivity contribution is 5.84. The van der Waals surface area contributed by atoms with Gasteiger partial charge in [0.25, 0.3) is 0 Å². The van der Waals surface area contributed by atoms with Crippen molar-refractivity contribution in [3.63, 3.8) is 0 Å². The molecule has 0 bridgehead atoms. The highest BCUT2D eigenvalue weighted by atomic mass is 15.1. The van der Waals surface area contributed by atoms with Crippen molar-refractivity contribution >= 4 is 5.82 Å². The second-order valence-electron chi connectivity index (χ2n) is 6.84. The Bertz CT molecular complexity index is 919. The van der Waals surface area contributed by atoms with E-state index in [4.69, 9.17) is 9.97 Å². The monoisotopic (exact) mass is 344 g/mol. The van der Waals surface area contributed by atoms with Crippen LogP contribution in [0.5, 0.6) is 0 Å². The first kappa shape index (κ1) is 16.7. The molecule has 0 amide bonds. The molecule has 4 heteroatoms. The Kier molecular flexibility index (Phi) is 4.67. The van der Waals surface area contributed by atoms with Gasteiger partial charge in [-0.25, -0.2) is 9.97 Å². The van der Waals surface area contributed by atoms with Crippen LogP contribution in [0.1, 0.15) is 28.2 Å². The standard InChI is InChI=1S/C22H24N4/c1-15-8-9-18-17(12-15)14-19-21(18)22(24-11-10-23-2)26-20(25-19)13-16-6-4-3-5-7-16/h3-9,12,23H,10-11,13-14H2,1-2H3,(H,24,25,26). The average molecular weight is 344 g/mol. The van der Waals surface area contributed by atoms with E-state index in [0.29, 0.717) is 0 Å². The quantitative estimate of drug-likeness (QED) is 0.525. The summed E-state index contributed by atoms with van der Waals surface area (Å²) in [4.78, 5) is 9.80. The number of likely N-dealkylation sites (N-methyl/N-ethyl adjacent to an activating group) is 1. The first-order valence-electron chi connectivity index (χ1n) is 9.16. The normalized spacial score (nSPS) is 11.9. The van der Waals surface area contributed by atoms with Gasteiger partial charge in [-0.15, -0.1) is 0 Å². The lowest BCUT2D eigenvalue weighted by molar-refractivity contribution is 0.818. The molecular formula is C22H24N4. The maximum atomic E-state index is 4.92. The maximum Gasteiger partial charge on any atom is 0.137 e. The lowest BCUT2D eigenvalue weighted by Gasteiger charge is -2.13. The molecule has 3 aromatic rings. The van der Waals surface area contributed by atoms with Gasteiger partial charge in [-0.05, 0) is 30.7 Å². The third-order valence-corrected chi connectivity index (χ3v) is 4.79. The number of nitrogens with one attached hydrogen (secondary N) is 2. The molecule has 0 unspecified atom stereocenters. The fraction of sp³-hybridized carbons (Fsp3) is 0.273. The van der Waals surface area contributed by atoms with Crippen LogP contribution in [0.2, 0.25) is 0 Å². The van der Waals surface area contributed by atoms with Gasteiger partial charge in [0.05, 0.1) is 5.69 Å². The summed E-state index contributed by atoms with van der Waals surface area (Å²) >= 11 is 0. The van der Waals surface area contributed by atoms with Crippen LogP contribution in [0.4, 0.5) is 5.82 Å². The van der Waals surface area contributed by atoms with Gasteiger partial charge < -0.3 is 10.6 Å². The minimum absolute atomic E-state index is 0.754. The molecule has 0 fully saturated rings. The Morgan fingerprint density at radius 2 is 1.85 bits per heavy atom. The average Bonchev–Trinajstić information content (AvgIpc) is 3.00. The minimum atomic E-state index is 0.754. The summed E-state index contributed by atoms with van der Waals surface area (Å²) in [5, 5.41) is 6.69. The molecule has 2 aromatic carbocycles. The van der Waals surface area contributed by atoms with Crippen molar-refractivity contribution in [1.29, 1.82) is 0 Å². The number of rotatable bonds is 6. The van der Waals surface area contributed by atoms with Crippen LogP contribution in [0.15, 0.2) is 48.5 Å². The van der Waals surface area contributed by atoms with Crippen molar-refractivity contribution in [2.45, 2.75) is 19.8 Å². The highest BCUT2D eigenvalue weighted by Gasteiger charge is 2.25. The predicted octanol–water partition coefficient (Wildman–Crippen LogP) is 3.58. The summed E-state index contributed by atoms with van der Waals surface area (Å²) in [7, 11) is 1.96. The van der Waals surface area contributed by atoms with Crippen molar-refractivity contribution in [3.05, 3.63) is 76.7 Å². The summed E-state index contributed by atoms with van der Waals surface area (Å²) in [6.45, 7) is 3.88. The van der Waals surface area contributed by atoms with Crippen LogP contribution in [-0.2, 0) is 12.8 Å². The van der Waals surface area contributed by atoms with Gasteiger partial charge in [-0.2, -0.15) is 0 Å². The van der Waals surface area contributed by atoms with Gasteiger partial charge in [-0.1, -0.05) is 54.1 Å². The fourth-order valence-corrected chi connectivity index (χ4v) is 3.55. The number of hydrogen-bond donors (Lipinski definition) is 2. The summed E-state index contributed by atoms with van der Waals surface area (Å²) in [6, 6.07) is 17.1. The van der Waals surface area contributed by atoms with Gasteiger partial charge in [0.1, 0.15) is 11.6 Å². The lowest BCUT2D eigenvalue weighted by Crippen LogP contribution is -2.19. The number of anilines is 1. The van der Waals surface area contributed by atoms with Crippen LogP contribution in [0.3, 0.4) is 0 Å². The number of aryl methyl sites for hydroxylation is 1. The number of aromatic nitrogens is 2. The second kappa shape index (κ2) is 7.26. The molecule has 1 heterocycles. The van der Waals surface area contributed by atoms with Crippen molar-refractivity contribution in [1.82, 2.24) is 15.3 Å². The molecule has 0 aliphatic heterocycles. The van der Waals surface area contributed by atoms with Crippen LogP contribution in [0.25, 0.3) is 11.1 Å². The van der Waals surface area contributed by atoms with Gasteiger partial charge >= 0.3 is 0 Å². The SMILES string of the molecule is CNCCNc1nc(Cc2ccccc2)nc2c1-c1ccc(C)cc1C2. The third-order valence-electron chi connectivity index (χ3n) is 4.79. The van der Waals surface area contributed by atoms with E-state index in [2.05, 4.69) is 60.0 Å². The second-order valence-corrected chi connectivity index (χ2v) is 6.84.